The average molecular weight is 796 g/mol. The summed E-state index contributed by atoms with van der Waals surface area (Å²) in [5, 5.41) is 15.0. The molecule has 1 saturated heterocycles. The topological polar surface area (TPSA) is 192 Å². The molecule has 17 heteroatoms. The molecule has 2 aromatic heterocycles. The van der Waals surface area contributed by atoms with E-state index < -0.39 is 68.6 Å². The fraction of sp³-hybridized carbons (Fsp3) is 0.553. The monoisotopic (exact) mass is 795 g/mol. The summed E-state index contributed by atoms with van der Waals surface area (Å²) in [6, 6.07) is 5.49. The van der Waals surface area contributed by atoms with Gasteiger partial charge in [0.2, 0.25) is 21.8 Å². The van der Waals surface area contributed by atoms with Crippen LogP contribution < -0.4 is 14.8 Å². The summed E-state index contributed by atoms with van der Waals surface area (Å²) in [6.07, 6.45) is 5.42. The van der Waals surface area contributed by atoms with E-state index in [1.165, 1.54) is 27.1 Å². The minimum absolute atomic E-state index is 0.0300. The molecule has 55 heavy (non-hydrogen) atoms. The zero-order valence-electron chi connectivity index (χ0n) is 32.0. The number of nitrogens with one attached hydrogen (secondary N) is 2. The van der Waals surface area contributed by atoms with Crippen molar-refractivity contribution in [1.82, 2.24) is 34.9 Å². The van der Waals surface area contributed by atoms with Crippen molar-refractivity contribution in [3.63, 3.8) is 0 Å². The summed E-state index contributed by atoms with van der Waals surface area (Å²) in [5.41, 5.74) is -0.686. The van der Waals surface area contributed by atoms with Gasteiger partial charge in [0.1, 0.15) is 45.7 Å². The number of aromatic nitrogens is 4. The molecule has 3 aromatic rings. The van der Waals surface area contributed by atoms with Gasteiger partial charge < -0.3 is 19.7 Å². The first-order chi connectivity index (χ1) is 26.0. The number of likely N-dealkylation sites (tertiary alicyclic amines) is 1. The lowest BCUT2D eigenvalue weighted by Crippen LogP contribution is -2.58. The Morgan fingerprint density at radius 1 is 1.11 bits per heavy atom. The molecule has 0 spiro atoms. The van der Waals surface area contributed by atoms with Crippen LogP contribution in [-0.2, 0) is 33.9 Å². The highest BCUT2D eigenvalue weighted by atomic mass is 32.2. The normalized spacial score (nSPS) is 23.1. The minimum atomic E-state index is -4.00. The van der Waals surface area contributed by atoms with Gasteiger partial charge >= 0.3 is 5.97 Å². The summed E-state index contributed by atoms with van der Waals surface area (Å²) >= 11 is 1.39. The molecule has 1 aliphatic heterocycles. The van der Waals surface area contributed by atoms with Gasteiger partial charge in [-0.2, -0.15) is 9.90 Å². The van der Waals surface area contributed by atoms with Crippen LogP contribution in [0, 0.1) is 23.2 Å². The molecule has 2 aliphatic carbocycles. The standard InChI is InChI=1S/C38H49N7O8S2/c1-8-24-19-38(24,36(49)43-55(50,51)21-22(2)3)40-32(46)28-18-25(20-44(28)34(47)29(37(4,5)6)35(48)53-27-10-9-11-27)45-41-30(23-12-14-26(52-7)15-13-23)31(42-45)33-39-16-17-54-33/h8,12-17,22,24-25,27-29H,1,9-11,18-21H2,2-7H3,(H,40,46)(H,43,49)/t24?,25-,28+,29+,38?/m1/s1. The van der Waals surface area contributed by atoms with Crippen molar-refractivity contribution in [3.05, 3.63) is 48.5 Å². The van der Waals surface area contributed by atoms with E-state index in [2.05, 4.69) is 21.6 Å². The SMILES string of the molecule is C=CC1CC1(NC(=O)[C@@H]1C[C@@H](n2nc(-c3ccc(OC)cc3)c(-c3nccs3)n2)CN1C(=O)[C@@H](C(=O)OC1CCC1)C(C)(C)C)C(=O)NS(=O)(=O)CC(C)C. The number of carbonyl (C=O) groups excluding carboxylic acids is 4. The van der Waals surface area contributed by atoms with Crippen molar-refractivity contribution in [2.75, 3.05) is 19.4 Å². The molecule has 2 N–H and O–H groups in total. The minimum Gasteiger partial charge on any atom is -0.497 e. The largest absolute Gasteiger partial charge is 0.497 e. The lowest BCUT2D eigenvalue weighted by molar-refractivity contribution is -0.169. The van der Waals surface area contributed by atoms with Gasteiger partial charge in [-0.25, -0.2) is 13.4 Å². The number of sulfonamides is 1. The van der Waals surface area contributed by atoms with E-state index in [0.717, 1.165) is 24.8 Å². The van der Waals surface area contributed by atoms with Crippen LogP contribution >= 0.6 is 11.3 Å². The van der Waals surface area contributed by atoms with Crippen LogP contribution in [0.25, 0.3) is 22.0 Å². The predicted octanol–water partition coefficient (Wildman–Crippen LogP) is 4.14. The second-order valence-corrected chi connectivity index (χ2v) is 18.7. The number of benzene rings is 1. The summed E-state index contributed by atoms with van der Waals surface area (Å²) in [7, 11) is -2.43. The zero-order chi connectivity index (χ0) is 39.9. The number of amides is 3. The molecule has 15 nitrogen and oxygen atoms in total. The number of thiazole rings is 1. The Labute approximate surface area is 325 Å². The van der Waals surface area contributed by atoms with Crippen molar-refractivity contribution in [2.45, 2.75) is 90.4 Å². The number of hydrogen-bond donors (Lipinski definition) is 2. The number of rotatable bonds is 14. The van der Waals surface area contributed by atoms with Gasteiger partial charge in [-0.3, -0.25) is 23.9 Å². The third-order valence-electron chi connectivity index (χ3n) is 10.4. The highest BCUT2D eigenvalue weighted by molar-refractivity contribution is 7.90. The maximum absolute atomic E-state index is 14.7. The number of carbonyl (C=O) groups is 4. The van der Waals surface area contributed by atoms with E-state index in [4.69, 9.17) is 19.7 Å². The fourth-order valence-corrected chi connectivity index (χ4v) is 9.19. The van der Waals surface area contributed by atoms with E-state index in [0.29, 0.717) is 22.1 Å². The Morgan fingerprint density at radius 2 is 1.80 bits per heavy atom. The Hall–Kier alpha value is -4.64. The lowest BCUT2D eigenvalue weighted by Gasteiger charge is -2.35. The number of nitrogens with zero attached hydrogens (tertiary/aromatic N) is 5. The van der Waals surface area contributed by atoms with Crippen LogP contribution in [0.3, 0.4) is 0 Å². The molecule has 0 bridgehead atoms. The van der Waals surface area contributed by atoms with Crippen LogP contribution in [0.15, 0.2) is 48.5 Å². The third kappa shape index (κ3) is 8.47. The first-order valence-electron chi connectivity index (χ1n) is 18.5. The molecule has 0 radical (unpaired) electrons. The summed E-state index contributed by atoms with van der Waals surface area (Å²) < 4.78 is 38.8. The summed E-state index contributed by atoms with van der Waals surface area (Å²) in [6.45, 7) is 12.5. The van der Waals surface area contributed by atoms with Gasteiger partial charge in [0.25, 0.3) is 5.91 Å². The van der Waals surface area contributed by atoms with Crippen LogP contribution in [-0.4, -0.2) is 94.1 Å². The number of ether oxygens (including phenoxy) is 2. The third-order valence-corrected chi connectivity index (χ3v) is 12.7. The van der Waals surface area contributed by atoms with E-state index in [1.54, 1.807) is 60.1 Å². The maximum Gasteiger partial charge on any atom is 0.319 e. The van der Waals surface area contributed by atoms with E-state index in [1.807, 2.05) is 17.5 Å². The van der Waals surface area contributed by atoms with Gasteiger partial charge in [0.05, 0.1) is 18.9 Å². The van der Waals surface area contributed by atoms with Gasteiger partial charge in [-0.1, -0.05) is 40.7 Å². The average Bonchev–Trinajstić information content (AvgIpc) is 3.53. The zero-order valence-corrected chi connectivity index (χ0v) is 33.6. The molecular weight excluding hydrogens is 747 g/mol. The number of esters is 1. The predicted molar refractivity (Wildman–Crippen MR) is 205 cm³/mol. The smallest absolute Gasteiger partial charge is 0.319 e. The lowest BCUT2D eigenvalue weighted by atomic mass is 9.79. The first kappa shape index (κ1) is 40.0. The molecule has 5 atom stereocenters. The van der Waals surface area contributed by atoms with Gasteiger partial charge in [0, 0.05) is 36.0 Å². The van der Waals surface area contributed by atoms with Gasteiger partial charge in [-0.15, -0.1) is 23.0 Å². The van der Waals surface area contributed by atoms with Crippen molar-refractivity contribution < 1.29 is 37.1 Å². The Bertz CT molecular complexity index is 2040. The quantitative estimate of drug-likeness (QED) is 0.135. The molecular formula is C38H49N7O8S2. The van der Waals surface area contributed by atoms with Crippen LogP contribution in [0.2, 0.25) is 0 Å². The maximum atomic E-state index is 14.7. The van der Waals surface area contributed by atoms with Crippen LogP contribution in [0.1, 0.15) is 72.8 Å². The Kier molecular flexibility index (Phi) is 11.3. The molecule has 2 unspecified atom stereocenters. The first-order valence-corrected chi connectivity index (χ1v) is 21.0. The summed E-state index contributed by atoms with van der Waals surface area (Å²) in [5.74, 6) is -4.47. The Morgan fingerprint density at radius 3 is 2.35 bits per heavy atom. The van der Waals surface area contributed by atoms with Crippen molar-refractivity contribution in [3.8, 4) is 27.7 Å². The second-order valence-electron chi connectivity index (χ2n) is 16.1. The van der Waals surface area contributed by atoms with Crippen molar-refractivity contribution in [2.24, 2.45) is 23.2 Å². The van der Waals surface area contributed by atoms with Gasteiger partial charge in [-0.05, 0) is 61.3 Å². The van der Waals surface area contributed by atoms with E-state index in [9.17, 15) is 27.6 Å². The second kappa shape index (κ2) is 15.5. The number of hydrogen-bond acceptors (Lipinski definition) is 12. The molecule has 3 heterocycles. The van der Waals surface area contributed by atoms with Crippen LogP contribution in [0.5, 0.6) is 5.75 Å². The molecule has 1 aromatic carbocycles. The Balaban J connectivity index is 1.35. The van der Waals surface area contributed by atoms with Crippen LogP contribution in [0.4, 0.5) is 0 Å². The molecule has 3 aliphatic rings. The molecule has 296 valence electrons. The van der Waals surface area contributed by atoms with Crippen molar-refractivity contribution in [1.29, 1.82) is 0 Å². The fourth-order valence-electron chi connectivity index (χ4n) is 7.15. The molecule has 3 amide bonds. The number of methoxy groups -OCH3 is 1. The highest BCUT2D eigenvalue weighted by Gasteiger charge is 2.61. The molecule has 6 rings (SSSR count). The highest BCUT2D eigenvalue weighted by Crippen LogP contribution is 2.46. The summed E-state index contributed by atoms with van der Waals surface area (Å²) in [4.78, 5) is 63.7. The van der Waals surface area contributed by atoms with Crippen molar-refractivity contribution >= 4 is 45.1 Å². The van der Waals surface area contributed by atoms with Gasteiger partial charge in [0.15, 0.2) is 0 Å². The molecule has 3 fully saturated rings. The van der Waals surface area contributed by atoms with E-state index >= 15 is 0 Å². The molecule has 2 saturated carbocycles. The van der Waals surface area contributed by atoms with E-state index in [-0.39, 0.29) is 37.2 Å².